The van der Waals surface area contributed by atoms with Gasteiger partial charge in [-0.15, -0.1) is 0 Å². The summed E-state index contributed by atoms with van der Waals surface area (Å²) in [6.07, 6.45) is -5.43. The highest BCUT2D eigenvalue weighted by molar-refractivity contribution is 5.79. The lowest BCUT2D eigenvalue weighted by molar-refractivity contribution is -0.250. The van der Waals surface area contributed by atoms with Gasteiger partial charge in [0, 0.05) is 0 Å². The van der Waals surface area contributed by atoms with Crippen molar-refractivity contribution in [2.24, 2.45) is 5.73 Å². The molecule has 14 heavy (non-hydrogen) atoms. The lowest BCUT2D eigenvalue weighted by atomic mass is 9.96. The van der Waals surface area contributed by atoms with Crippen LogP contribution >= 0.6 is 0 Å². The number of aliphatic hydroxyl groups is 3. The number of amides is 1. The van der Waals surface area contributed by atoms with Crippen LogP contribution in [0.2, 0.25) is 0 Å². The molecule has 6 N–H and O–H groups in total. The fourth-order valence-corrected chi connectivity index (χ4v) is 1.46. The van der Waals surface area contributed by atoms with Crippen LogP contribution in [0.4, 0.5) is 0 Å². The highest BCUT2D eigenvalue weighted by atomic mass is 16.6. The fourth-order valence-electron chi connectivity index (χ4n) is 1.46. The van der Waals surface area contributed by atoms with Crippen LogP contribution in [0.15, 0.2) is 0 Å². The maximum absolute atomic E-state index is 10.8. The Morgan fingerprint density at radius 3 is 2.36 bits per heavy atom. The molecule has 0 aromatic heterocycles. The average Bonchev–Trinajstić information content (AvgIpc) is 2.12. The smallest absolute Gasteiger partial charge is 0.249 e. The predicted octanol–water partition coefficient (Wildman–Crippen LogP) is -3.50. The van der Waals surface area contributed by atoms with E-state index in [0.29, 0.717) is 0 Å². The number of likely N-dealkylation sites (N-methyl/N-ethyl adjacent to an activating group) is 1. The van der Waals surface area contributed by atoms with Crippen LogP contribution in [0, 0.1) is 0 Å². The zero-order valence-electron chi connectivity index (χ0n) is 7.62. The normalized spacial score (nSPS) is 43.6. The van der Waals surface area contributed by atoms with Gasteiger partial charge in [0.25, 0.3) is 0 Å². The number of carbonyl (C=O) groups is 1. The van der Waals surface area contributed by atoms with E-state index in [2.05, 4.69) is 10.1 Å². The standard InChI is InChI=1S/C7H14N2O5/c1-9-2-3(10)5(6(8)12)14-7(13)4(2)11/h2-5,7,9-11,13H,1H3,(H2,8,12). The number of ether oxygens (including phenoxy) is 1. The van der Waals surface area contributed by atoms with Crippen molar-refractivity contribution in [2.45, 2.75) is 30.6 Å². The van der Waals surface area contributed by atoms with Crippen LogP contribution in [-0.2, 0) is 9.53 Å². The Morgan fingerprint density at radius 2 is 1.93 bits per heavy atom. The van der Waals surface area contributed by atoms with Gasteiger partial charge in [-0.25, -0.2) is 0 Å². The van der Waals surface area contributed by atoms with Gasteiger partial charge in [0.2, 0.25) is 5.91 Å². The lowest BCUT2D eigenvalue weighted by Gasteiger charge is -2.39. The Bertz CT molecular complexity index is 224. The summed E-state index contributed by atoms with van der Waals surface area (Å²) < 4.78 is 4.65. The predicted molar refractivity (Wildman–Crippen MR) is 44.9 cm³/mol. The largest absolute Gasteiger partial charge is 0.388 e. The molecule has 0 spiro atoms. The molecular weight excluding hydrogens is 192 g/mol. The second-order valence-corrected chi connectivity index (χ2v) is 3.15. The molecule has 0 aromatic rings. The molecule has 82 valence electrons. The molecule has 7 nitrogen and oxygen atoms in total. The van der Waals surface area contributed by atoms with E-state index in [0.717, 1.165) is 0 Å². The second kappa shape index (κ2) is 4.20. The highest BCUT2D eigenvalue weighted by Crippen LogP contribution is 2.19. The van der Waals surface area contributed by atoms with E-state index >= 15 is 0 Å². The maximum atomic E-state index is 10.8. The van der Waals surface area contributed by atoms with Crippen LogP contribution in [0.5, 0.6) is 0 Å². The van der Waals surface area contributed by atoms with Crippen molar-refractivity contribution in [3.8, 4) is 0 Å². The van der Waals surface area contributed by atoms with Gasteiger partial charge in [-0.2, -0.15) is 0 Å². The third-order valence-corrected chi connectivity index (χ3v) is 2.24. The summed E-state index contributed by atoms with van der Waals surface area (Å²) in [6.45, 7) is 0. The molecule has 1 saturated heterocycles. The molecule has 1 rings (SSSR count). The second-order valence-electron chi connectivity index (χ2n) is 3.15. The topological polar surface area (TPSA) is 125 Å². The van der Waals surface area contributed by atoms with E-state index in [1.807, 2.05) is 0 Å². The number of primary amides is 1. The summed E-state index contributed by atoms with van der Waals surface area (Å²) in [6, 6.07) is -0.851. The first-order valence-corrected chi connectivity index (χ1v) is 4.15. The molecule has 1 aliphatic heterocycles. The van der Waals surface area contributed by atoms with Gasteiger partial charge in [0.15, 0.2) is 12.4 Å². The molecule has 1 amide bonds. The number of carbonyl (C=O) groups excluding carboxylic acids is 1. The number of nitrogens with two attached hydrogens (primary N) is 1. The molecule has 0 aromatic carbocycles. The molecule has 1 fully saturated rings. The Morgan fingerprint density at radius 1 is 1.36 bits per heavy atom. The van der Waals surface area contributed by atoms with E-state index in [1.54, 1.807) is 0 Å². The molecule has 0 aliphatic carbocycles. The highest BCUT2D eigenvalue weighted by Gasteiger charge is 2.45. The molecule has 5 atom stereocenters. The summed E-state index contributed by atoms with van der Waals surface area (Å²) in [5.74, 6) is -0.885. The average molecular weight is 206 g/mol. The van der Waals surface area contributed by atoms with Crippen molar-refractivity contribution >= 4 is 5.91 Å². The zero-order valence-corrected chi connectivity index (χ0v) is 7.62. The van der Waals surface area contributed by atoms with Crippen LogP contribution in [0.25, 0.3) is 0 Å². The minimum Gasteiger partial charge on any atom is -0.388 e. The Balaban J connectivity index is 2.80. The first-order chi connectivity index (χ1) is 6.49. The van der Waals surface area contributed by atoms with Crippen LogP contribution < -0.4 is 11.1 Å². The van der Waals surface area contributed by atoms with Crippen LogP contribution in [0.3, 0.4) is 0 Å². The van der Waals surface area contributed by atoms with Gasteiger partial charge in [0.1, 0.15) is 12.2 Å². The van der Waals surface area contributed by atoms with Gasteiger partial charge >= 0.3 is 0 Å². The minimum absolute atomic E-state index is 0.851. The maximum Gasteiger partial charge on any atom is 0.249 e. The summed E-state index contributed by atoms with van der Waals surface area (Å²) >= 11 is 0. The van der Waals surface area contributed by atoms with Gasteiger partial charge in [-0.05, 0) is 7.05 Å². The van der Waals surface area contributed by atoms with Crippen LogP contribution in [-0.4, -0.2) is 58.9 Å². The van der Waals surface area contributed by atoms with Crippen molar-refractivity contribution in [3.63, 3.8) is 0 Å². The molecule has 0 bridgehead atoms. The summed E-state index contributed by atoms with van der Waals surface area (Å²) in [7, 11) is 1.48. The summed E-state index contributed by atoms with van der Waals surface area (Å²) in [5.41, 5.74) is 4.94. The van der Waals surface area contributed by atoms with Crippen LogP contribution in [0.1, 0.15) is 0 Å². The zero-order chi connectivity index (χ0) is 10.9. The van der Waals surface area contributed by atoms with Crippen molar-refractivity contribution < 1.29 is 24.9 Å². The third kappa shape index (κ3) is 1.86. The Kier molecular flexibility index (Phi) is 3.40. The first kappa shape index (κ1) is 11.3. The molecule has 0 radical (unpaired) electrons. The Labute approximate surface area is 80.5 Å². The molecule has 7 heteroatoms. The van der Waals surface area contributed by atoms with Crippen molar-refractivity contribution in [1.29, 1.82) is 0 Å². The number of rotatable bonds is 2. The van der Waals surface area contributed by atoms with Crippen molar-refractivity contribution in [3.05, 3.63) is 0 Å². The molecule has 5 unspecified atom stereocenters. The van der Waals surface area contributed by atoms with Gasteiger partial charge in [-0.1, -0.05) is 0 Å². The first-order valence-electron chi connectivity index (χ1n) is 4.15. The fraction of sp³-hybridized carbons (Fsp3) is 0.857. The van der Waals surface area contributed by atoms with E-state index < -0.39 is 36.6 Å². The number of hydrogen-bond acceptors (Lipinski definition) is 6. The van der Waals surface area contributed by atoms with Gasteiger partial charge in [0.05, 0.1) is 6.04 Å². The van der Waals surface area contributed by atoms with E-state index in [4.69, 9.17) is 5.73 Å². The molecular formula is C7H14N2O5. The molecule has 0 saturated carbocycles. The monoisotopic (exact) mass is 206 g/mol. The van der Waals surface area contributed by atoms with E-state index in [1.165, 1.54) is 7.05 Å². The summed E-state index contributed by atoms with van der Waals surface area (Å²) in [4.78, 5) is 10.8. The molecule has 1 aliphatic rings. The van der Waals surface area contributed by atoms with Gasteiger partial charge in [-0.3, -0.25) is 4.79 Å². The van der Waals surface area contributed by atoms with E-state index in [9.17, 15) is 20.1 Å². The molecule has 1 heterocycles. The number of hydrogen-bond donors (Lipinski definition) is 5. The number of nitrogens with one attached hydrogen (secondary N) is 1. The Hall–Kier alpha value is -0.730. The quantitative estimate of drug-likeness (QED) is 0.319. The van der Waals surface area contributed by atoms with Crippen molar-refractivity contribution in [2.75, 3.05) is 7.05 Å². The minimum atomic E-state index is -1.53. The summed E-state index contributed by atoms with van der Waals surface area (Å²) in [5, 5.41) is 30.6. The third-order valence-electron chi connectivity index (χ3n) is 2.24. The van der Waals surface area contributed by atoms with Crippen molar-refractivity contribution in [1.82, 2.24) is 5.32 Å². The SMILES string of the molecule is CNC1C(O)C(O)OC(C(N)=O)C1O. The lowest BCUT2D eigenvalue weighted by Crippen LogP contribution is -2.64. The van der Waals surface area contributed by atoms with E-state index in [-0.39, 0.29) is 0 Å². The number of aliphatic hydroxyl groups excluding tert-OH is 3. The van der Waals surface area contributed by atoms with Gasteiger partial charge < -0.3 is 31.1 Å².